The third-order valence-electron chi connectivity index (χ3n) is 5.85. The fourth-order valence-corrected chi connectivity index (χ4v) is 4.62. The molecule has 7 nitrogen and oxygen atoms in total. The Hall–Kier alpha value is -2.15. The summed E-state index contributed by atoms with van der Waals surface area (Å²) >= 11 is 0. The molecule has 2 saturated heterocycles. The van der Waals surface area contributed by atoms with E-state index in [1.165, 1.54) is 0 Å². The standard InChI is InChI=1S/C21H30N2O5/c1-21(2,3)28-20(25)22-16-11-9-15(10-12-16)18(22)19(24)17(23(26)27)13-14-7-5-4-6-8-14/h4-8,15-19,24H,9-13H2,1-3H3/t15?,16?,17-,18+,19+/m0/s1. The SMILES string of the molecule is CC(C)(C)OC(=O)N1C2CCC(CC2)[C@@H]1[C@H](O)[C@H](Cc1ccccc1)[N+](=O)[O-]. The van der Waals surface area contributed by atoms with Crippen molar-refractivity contribution < 1.29 is 19.6 Å². The zero-order valence-electron chi connectivity index (χ0n) is 16.8. The highest BCUT2D eigenvalue weighted by Crippen LogP contribution is 2.42. The third-order valence-corrected chi connectivity index (χ3v) is 5.85. The number of aliphatic hydroxyl groups is 1. The maximum atomic E-state index is 12.9. The number of piperidine rings is 2. The van der Waals surface area contributed by atoms with Crippen molar-refractivity contribution in [2.45, 2.75) is 82.7 Å². The van der Waals surface area contributed by atoms with Crippen LogP contribution in [0.25, 0.3) is 0 Å². The number of carbonyl (C=O) groups excluding carboxylic acids is 1. The Labute approximate surface area is 165 Å². The van der Waals surface area contributed by atoms with E-state index >= 15 is 0 Å². The molecule has 0 aromatic heterocycles. The maximum Gasteiger partial charge on any atom is 0.410 e. The van der Waals surface area contributed by atoms with Crippen molar-refractivity contribution in [3.8, 4) is 0 Å². The minimum Gasteiger partial charge on any atom is -0.444 e. The van der Waals surface area contributed by atoms with Crippen molar-refractivity contribution in [1.82, 2.24) is 4.90 Å². The van der Waals surface area contributed by atoms with Gasteiger partial charge < -0.3 is 9.84 Å². The summed E-state index contributed by atoms with van der Waals surface area (Å²) in [5.74, 6) is 0.0609. The zero-order valence-corrected chi connectivity index (χ0v) is 16.8. The molecule has 0 radical (unpaired) electrons. The molecule has 28 heavy (non-hydrogen) atoms. The van der Waals surface area contributed by atoms with E-state index in [-0.39, 0.29) is 18.4 Å². The fraction of sp³-hybridized carbons (Fsp3) is 0.667. The molecule has 2 heterocycles. The van der Waals surface area contributed by atoms with Crippen molar-refractivity contribution in [2.75, 3.05) is 0 Å². The van der Waals surface area contributed by atoms with Gasteiger partial charge in [0.05, 0.1) is 6.04 Å². The Morgan fingerprint density at radius 2 is 1.86 bits per heavy atom. The molecule has 3 atom stereocenters. The summed E-state index contributed by atoms with van der Waals surface area (Å²) in [6.07, 6.45) is 1.88. The molecule has 1 amide bonds. The summed E-state index contributed by atoms with van der Waals surface area (Å²) in [4.78, 5) is 25.9. The van der Waals surface area contributed by atoms with Crippen LogP contribution in [0.3, 0.4) is 0 Å². The third kappa shape index (κ3) is 4.46. The number of hydrogen-bond donors (Lipinski definition) is 1. The molecule has 3 fully saturated rings. The predicted molar refractivity (Wildman–Crippen MR) is 105 cm³/mol. The summed E-state index contributed by atoms with van der Waals surface area (Å²) in [6.45, 7) is 5.40. The van der Waals surface area contributed by atoms with Crippen LogP contribution in [0.4, 0.5) is 4.79 Å². The number of fused-ring (bicyclic) bond motifs is 3. The van der Waals surface area contributed by atoms with Gasteiger partial charge in [-0.1, -0.05) is 30.3 Å². The van der Waals surface area contributed by atoms with E-state index in [9.17, 15) is 20.0 Å². The Morgan fingerprint density at radius 1 is 1.25 bits per heavy atom. The van der Waals surface area contributed by atoms with Crippen LogP contribution in [0.1, 0.15) is 52.0 Å². The van der Waals surface area contributed by atoms with Gasteiger partial charge in [-0.25, -0.2) is 4.79 Å². The normalized spacial score (nSPS) is 26.6. The first-order valence-electron chi connectivity index (χ1n) is 10.0. The largest absolute Gasteiger partial charge is 0.444 e. The van der Waals surface area contributed by atoms with Gasteiger partial charge in [0.1, 0.15) is 11.7 Å². The number of nitrogens with zero attached hydrogens (tertiary/aromatic N) is 2. The van der Waals surface area contributed by atoms with Gasteiger partial charge in [-0.2, -0.15) is 0 Å². The molecular formula is C21H30N2O5. The summed E-state index contributed by atoms with van der Waals surface area (Å²) in [7, 11) is 0. The molecule has 0 unspecified atom stereocenters. The minimum absolute atomic E-state index is 0.0244. The van der Waals surface area contributed by atoms with Crippen LogP contribution in [0, 0.1) is 16.0 Å². The number of carbonyl (C=O) groups is 1. The lowest BCUT2D eigenvalue weighted by atomic mass is 9.71. The number of hydrogen-bond acceptors (Lipinski definition) is 5. The molecule has 1 aromatic rings. The first kappa shape index (κ1) is 20.6. The molecule has 7 heteroatoms. The number of amides is 1. The number of ether oxygens (including phenoxy) is 1. The molecule has 154 valence electrons. The molecule has 1 N–H and O–H groups in total. The van der Waals surface area contributed by atoms with Gasteiger partial charge in [0.25, 0.3) is 0 Å². The fourth-order valence-electron chi connectivity index (χ4n) is 4.62. The number of nitro groups is 1. The Kier molecular flexibility index (Phi) is 5.93. The first-order chi connectivity index (χ1) is 13.2. The molecule has 1 aromatic carbocycles. The van der Waals surface area contributed by atoms with Gasteiger partial charge in [-0.15, -0.1) is 0 Å². The van der Waals surface area contributed by atoms with Gasteiger partial charge in [0, 0.05) is 17.4 Å². The minimum atomic E-state index is -1.24. The van der Waals surface area contributed by atoms with E-state index in [1.54, 1.807) is 25.7 Å². The number of benzene rings is 1. The lowest BCUT2D eigenvalue weighted by Gasteiger charge is -2.52. The summed E-state index contributed by atoms with van der Waals surface area (Å²) in [5.41, 5.74) is 0.142. The van der Waals surface area contributed by atoms with Gasteiger partial charge in [-0.3, -0.25) is 15.0 Å². The van der Waals surface area contributed by atoms with E-state index in [0.29, 0.717) is 0 Å². The molecule has 1 saturated carbocycles. The summed E-state index contributed by atoms with van der Waals surface area (Å²) in [6, 6.07) is 7.37. The summed E-state index contributed by atoms with van der Waals surface area (Å²) in [5, 5.41) is 22.9. The second-order valence-electron chi connectivity index (χ2n) is 8.98. The smallest absolute Gasteiger partial charge is 0.410 e. The molecule has 2 bridgehead atoms. The van der Waals surface area contributed by atoms with Crippen LogP contribution in [0.15, 0.2) is 30.3 Å². The van der Waals surface area contributed by atoms with E-state index in [2.05, 4.69) is 0 Å². The molecule has 2 aliphatic heterocycles. The van der Waals surface area contributed by atoms with Gasteiger partial charge in [0.15, 0.2) is 0 Å². The van der Waals surface area contributed by atoms with Gasteiger partial charge >= 0.3 is 6.09 Å². The van der Waals surface area contributed by atoms with Crippen molar-refractivity contribution in [1.29, 1.82) is 0 Å². The highest BCUT2D eigenvalue weighted by molar-refractivity contribution is 5.69. The van der Waals surface area contributed by atoms with E-state index < -0.39 is 34.8 Å². The maximum absolute atomic E-state index is 12.9. The molecule has 4 rings (SSSR count). The van der Waals surface area contributed by atoms with Crippen LogP contribution in [-0.4, -0.2) is 50.9 Å². The monoisotopic (exact) mass is 390 g/mol. The lowest BCUT2D eigenvalue weighted by molar-refractivity contribution is -0.536. The lowest BCUT2D eigenvalue weighted by Crippen LogP contribution is -2.65. The molecule has 0 spiro atoms. The topological polar surface area (TPSA) is 92.9 Å². The Balaban J connectivity index is 1.85. The van der Waals surface area contributed by atoms with Crippen LogP contribution in [0.2, 0.25) is 0 Å². The summed E-state index contributed by atoms with van der Waals surface area (Å²) < 4.78 is 5.57. The van der Waals surface area contributed by atoms with Gasteiger partial charge in [-0.05, 0) is 57.9 Å². The van der Waals surface area contributed by atoms with Crippen LogP contribution >= 0.6 is 0 Å². The molecule has 1 aliphatic carbocycles. The average Bonchev–Trinajstić information content (AvgIpc) is 2.65. The second kappa shape index (κ2) is 8.07. The Morgan fingerprint density at radius 3 is 2.39 bits per heavy atom. The van der Waals surface area contributed by atoms with E-state index in [4.69, 9.17) is 4.74 Å². The molecule has 3 aliphatic rings. The zero-order chi connectivity index (χ0) is 20.5. The van der Waals surface area contributed by atoms with Crippen LogP contribution in [-0.2, 0) is 11.2 Å². The number of aliphatic hydroxyl groups excluding tert-OH is 1. The average molecular weight is 390 g/mol. The molecular weight excluding hydrogens is 360 g/mol. The Bertz CT molecular complexity index is 694. The van der Waals surface area contributed by atoms with Crippen LogP contribution < -0.4 is 0 Å². The van der Waals surface area contributed by atoms with E-state index in [1.807, 2.05) is 30.3 Å². The van der Waals surface area contributed by atoms with Crippen molar-refractivity contribution in [3.05, 3.63) is 46.0 Å². The van der Waals surface area contributed by atoms with Crippen LogP contribution in [0.5, 0.6) is 0 Å². The highest BCUT2D eigenvalue weighted by atomic mass is 16.6. The van der Waals surface area contributed by atoms with Crippen molar-refractivity contribution in [3.63, 3.8) is 0 Å². The highest BCUT2D eigenvalue weighted by Gasteiger charge is 2.52. The first-order valence-corrected chi connectivity index (χ1v) is 10.0. The second-order valence-corrected chi connectivity index (χ2v) is 8.98. The predicted octanol–water partition coefficient (Wildman–Crippen LogP) is 3.41. The quantitative estimate of drug-likeness (QED) is 0.614. The van der Waals surface area contributed by atoms with Crippen molar-refractivity contribution in [2.24, 2.45) is 5.92 Å². The van der Waals surface area contributed by atoms with E-state index in [0.717, 1.165) is 31.2 Å². The number of rotatable bonds is 5. The van der Waals surface area contributed by atoms with Crippen molar-refractivity contribution >= 4 is 6.09 Å². The van der Waals surface area contributed by atoms with Gasteiger partial charge in [0.2, 0.25) is 6.04 Å².